The number of esters is 1. The molecule has 3 rings (SSSR count). The largest absolute Gasteiger partial charge is 0.486 e. The maximum Gasteiger partial charge on any atom is 0.340 e. The molecule has 0 aliphatic carbocycles. The SMILES string of the molecule is Br.COC(=O)c1c(Br)nc2cc3c(cc2c1CBr)OCCO3. The van der Waals surface area contributed by atoms with Gasteiger partial charge in [0, 0.05) is 16.8 Å². The minimum Gasteiger partial charge on any atom is -0.486 e. The number of aromatic nitrogens is 1. The van der Waals surface area contributed by atoms with Gasteiger partial charge in [-0.15, -0.1) is 17.0 Å². The summed E-state index contributed by atoms with van der Waals surface area (Å²) in [6, 6.07) is 3.67. The molecule has 0 saturated heterocycles. The number of hydrogen-bond acceptors (Lipinski definition) is 5. The summed E-state index contributed by atoms with van der Waals surface area (Å²) in [5.41, 5.74) is 1.95. The second kappa shape index (κ2) is 7.14. The lowest BCUT2D eigenvalue weighted by Gasteiger charge is -2.20. The summed E-state index contributed by atoms with van der Waals surface area (Å²) >= 11 is 6.77. The number of rotatable bonds is 2. The van der Waals surface area contributed by atoms with Crippen molar-refractivity contribution in [3.63, 3.8) is 0 Å². The number of hydrogen-bond donors (Lipinski definition) is 0. The number of carbonyl (C=O) groups is 1. The highest BCUT2D eigenvalue weighted by molar-refractivity contribution is 9.10. The summed E-state index contributed by atoms with van der Waals surface area (Å²) in [5, 5.41) is 1.33. The van der Waals surface area contributed by atoms with Crippen LogP contribution in [0.5, 0.6) is 11.5 Å². The first-order valence-corrected chi connectivity index (χ1v) is 8.13. The van der Waals surface area contributed by atoms with Crippen LogP contribution in [0.25, 0.3) is 10.9 Å². The molecular weight excluding hydrogens is 486 g/mol. The van der Waals surface area contributed by atoms with Crippen LogP contribution in [-0.2, 0) is 10.1 Å². The fraction of sp³-hybridized carbons (Fsp3) is 0.286. The normalized spacial score (nSPS) is 12.7. The van der Waals surface area contributed by atoms with Crippen LogP contribution < -0.4 is 9.47 Å². The Hall–Kier alpha value is -0.860. The molecule has 1 aromatic carbocycles. The van der Waals surface area contributed by atoms with Crippen LogP contribution in [0.3, 0.4) is 0 Å². The minimum atomic E-state index is -0.430. The van der Waals surface area contributed by atoms with E-state index in [0.717, 1.165) is 16.5 Å². The Balaban J connectivity index is 0.00000176. The van der Waals surface area contributed by atoms with Gasteiger partial charge in [0.05, 0.1) is 18.2 Å². The summed E-state index contributed by atoms with van der Waals surface area (Å²) in [5.74, 6) is 0.899. The van der Waals surface area contributed by atoms with Gasteiger partial charge in [0.25, 0.3) is 0 Å². The van der Waals surface area contributed by atoms with Crippen molar-refractivity contribution in [1.82, 2.24) is 4.98 Å². The zero-order valence-corrected chi connectivity index (χ0v) is 16.4. The summed E-state index contributed by atoms with van der Waals surface area (Å²) < 4.78 is 16.4. The van der Waals surface area contributed by atoms with Crippen molar-refractivity contribution in [2.24, 2.45) is 0 Å². The maximum absolute atomic E-state index is 12.0. The monoisotopic (exact) mass is 495 g/mol. The van der Waals surface area contributed by atoms with Gasteiger partial charge in [0.2, 0.25) is 0 Å². The smallest absolute Gasteiger partial charge is 0.340 e. The molecule has 0 fully saturated rings. The molecule has 1 aliphatic heterocycles. The summed E-state index contributed by atoms with van der Waals surface area (Å²) in [4.78, 5) is 16.4. The molecule has 8 heteroatoms. The van der Waals surface area contributed by atoms with Crippen LogP contribution in [0.15, 0.2) is 16.7 Å². The Morgan fingerprint density at radius 3 is 2.55 bits per heavy atom. The lowest BCUT2D eigenvalue weighted by molar-refractivity contribution is 0.0598. The quantitative estimate of drug-likeness (QED) is 0.356. The molecule has 1 aromatic heterocycles. The Kier molecular flexibility index (Phi) is 5.68. The summed E-state index contributed by atoms with van der Waals surface area (Å²) in [6.07, 6.45) is 0. The fourth-order valence-electron chi connectivity index (χ4n) is 2.28. The number of methoxy groups -OCH3 is 1. The highest BCUT2D eigenvalue weighted by Crippen LogP contribution is 2.38. The second-order valence-electron chi connectivity index (χ2n) is 4.39. The Morgan fingerprint density at radius 1 is 1.32 bits per heavy atom. The zero-order chi connectivity index (χ0) is 15.0. The molecule has 0 spiro atoms. The van der Waals surface area contributed by atoms with Crippen LogP contribution in [0.2, 0.25) is 0 Å². The molecule has 0 unspecified atom stereocenters. The third kappa shape index (κ3) is 2.96. The van der Waals surface area contributed by atoms with Crippen LogP contribution >= 0.6 is 48.8 Å². The van der Waals surface area contributed by atoms with Gasteiger partial charge in [-0.3, -0.25) is 0 Å². The molecule has 22 heavy (non-hydrogen) atoms. The molecule has 0 amide bonds. The van der Waals surface area contributed by atoms with Crippen molar-refractivity contribution in [1.29, 1.82) is 0 Å². The van der Waals surface area contributed by atoms with Gasteiger partial charge in [-0.05, 0) is 27.6 Å². The molecular formula is C14H12Br3NO4. The number of halogens is 3. The standard InChI is InChI=1S/C14H11Br2NO4.BrH/c1-19-14(18)12-8(6-15)7-4-10-11(21-3-2-20-10)5-9(7)17-13(12)16;/h4-5H,2-3,6H2,1H3;1H. The highest BCUT2D eigenvalue weighted by atomic mass is 79.9. The lowest BCUT2D eigenvalue weighted by atomic mass is 10.0. The van der Waals surface area contributed by atoms with E-state index >= 15 is 0 Å². The predicted molar refractivity (Wildman–Crippen MR) is 94.7 cm³/mol. The highest BCUT2D eigenvalue weighted by Gasteiger charge is 2.22. The predicted octanol–water partition coefficient (Wildman–Crippen LogP) is 4.03. The number of ether oxygens (including phenoxy) is 3. The van der Waals surface area contributed by atoms with Gasteiger partial charge >= 0.3 is 5.97 Å². The van der Waals surface area contributed by atoms with Crippen LogP contribution in [-0.4, -0.2) is 31.3 Å². The van der Waals surface area contributed by atoms with Crippen molar-refractivity contribution in [2.45, 2.75) is 5.33 Å². The molecule has 0 N–H and O–H groups in total. The average Bonchev–Trinajstić information content (AvgIpc) is 2.51. The fourth-order valence-corrected chi connectivity index (χ4v) is 3.46. The van der Waals surface area contributed by atoms with Crippen LogP contribution in [0, 0.1) is 0 Å². The van der Waals surface area contributed by atoms with Crippen molar-refractivity contribution >= 4 is 65.7 Å². The summed E-state index contributed by atoms with van der Waals surface area (Å²) in [6.45, 7) is 1.03. The zero-order valence-electron chi connectivity index (χ0n) is 11.5. The molecule has 2 aromatic rings. The summed E-state index contributed by atoms with van der Waals surface area (Å²) in [7, 11) is 1.35. The van der Waals surface area contributed by atoms with Gasteiger partial charge in [-0.1, -0.05) is 15.9 Å². The molecule has 1 aliphatic rings. The topological polar surface area (TPSA) is 57.7 Å². The number of benzene rings is 1. The van der Waals surface area contributed by atoms with Gasteiger partial charge < -0.3 is 14.2 Å². The Labute approximate surface area is 154 Å². The van der Waals surface area contributed by atoms with E-state index in [1.165, 1.54) is 7.11 Å². The van der Waals surface area contributed by atoms with E-state index < -0.39 is 5.97 Å². The molecule has 2 heterocycles. The van der Waals surface area contributed by atoms with Gasteiger partial charge in [-0.25, -0.2) is 9.78 Å². The lowest BCUT2D eigenvalue weighted by Crippen LogP contribution is -2.15. The second-order valence-corrected chi connectivity index (χ2v) is 5.71. The molecule has 5 nitrogen and oxygen atoms in total. The number of carbonyl (C=O) groups excluding carboxylic acids is 1. The van der Waals surface area contributed by atoms with Crippen LogP contribution in [0.1, 0.15) is 15.9 Å². The first-order valence-electron chi connectivity index (χ1n) is 6.21. The third-order valence-corrected chi connectivity index (χ3v) is 4.37. The van der Waals surface area contributed by atoms with Gasteiger partial charge in [0.1, 0.15) is 17.8 Å². The molecule has 0 bridgehead atoms. The van der Waals surface area contributed by atoms with E-state index in [4.69, 9.17) is 14.2 Å². The van der Waals surface area contributed by atoms with E-state index in [1.54, 1.807) is 0 Å². The third-order valence-electron chi connectivity index (χ3n) is 3.24. The van der Waals surface area contributed by atoms with Crippen LogP contribution in [0.4, 0.5) is 0 Å². The van der Waals surface area contributed by atoms with Crippen molar-refractivity contribution in [2.75, 3.05) is 20.3 Å². The number of pyridine rings is 1. The van der Waals surface area contributed by atoms with E-state index in [0.29, 0.717) is 40.2 Å². The number of fused-ring (bicyclic) bond motifs is 2. The number of alkyl halides is 1. The van der Waals surface area contributed by atoms with E-state index in [1.807, 2.05) is 12.1 Å². The van der Waals surface area contributed by atoms with Gasteiger partial charge in [0.15, 0.2) is 11.5 Å². The molecule has 0 radical (unpaired) electrons. The number of nitrogens with zero attached hydrogens (tertiary/aromatic N) is 1. The van der Waals surface area contributed by atoms with Crippen molar-refractivity contribution in [3.8, 4) is 11.5 Å². The van der Waals surface area contributed by atoms with E-state index in [2.05, 4.69) is 36.8 Å². The molecule has 0 atom stereocenters. The molecule has 118 valence electrons. The average molecular weight is 498 g/mol. The first-order chi connectivity index (χ1) is 10.2. The Bertz CT molecular complexity index is 736. The van der Waals surface area contributed by atoms with Crippen molar-refractivity contribution < 1.29 is 19.0 Å². The molecule has 0 saturated carbocycles. The van der Waals surface area contributed by atoms with E-state index in [-0.39, 0.29) is 17.0 Å². The Morgan fingerprint density at radius 2 is 1.95 bits per heavy atom. The van der Waals surface area contributed by atoms with Crippen molar-refractivity contribution in [3.05, 3.63) is 27.9 Å². The maximum atomic E-state index is 12.0. The van der Waals surface area contributed by atoms with Gasteiger partial charge in [-0.2, -0.15) is 0 Å². The first kappa shape index (κ1) is 17.5. The minimum absolute atomic E-state index is 0. The van der Waals surface area contributed by atoms with E-state index in [9.17, 15) is 4.79 Å².